The van der Waals surface area contributed by atoms with Crippen LogP contribution in [0, 0.1) is 5.41 Å². The Morgan fingerprint density at radius 2 is 2.02 bits per heavy atom. The lowest BCUT2D eigenvalue weighted by Gasteiger charge is -2.30. The quantitative estimate of drug-likeness (QED) is 0.166. The molecule has 6 atom stereocenters. The Morgan fingerprint density at radius 3 is 2.67 bits per heavy atom. The summed E-state index contributed by atoms with van der Waals surface area (Å²) in [5.41, 5.74) is 4.68. The van der Waals surface area contributed by atoms with Gasteiger partial charge in [-0.2, -0.15) is 15.1 Å². The van der Waals surface area contributed by atoms with Crippen molar-refractivity contribution in [2.75, 3.05) is 18.9 Å². The number of para-hydroxylation sites is 1. The van der Waals surface area contributed by atoms with Crippen molar-refractivity contribution in [2.24, 2.45) is 5.41 Å². The first-order valence-electron chi connectivity index (χ1n) is 12.4. The van der Waals surface area contributed by atoms with Gasteiger partial charge >= 0.3 is 13.7 Å². The van der Waals surface area contributed by atoms with E-state index in [1.807, 2.05) is 0 Å². The fourth-order valence-electron chi connectivity index (χ4n) is 4.12. The number of carbonyl (C=O) groups is 1. The van der Waals surface area contributed by atoms with Gasteiger partial charge in [-0.05, 0) is 44.5 Å². The number of nitrogens with one attached hydrogen (secondary N) is 1. The van der Waals surface area contributed by atoms with Crippen LogP contribution in [0.1, 0.15) is 33.9 Å². The number of anilines is 1. The summed E-state index contributed by atoms with van der Waals surface area (Å²) in [5, 5.41) is 12.6. The maximum Gasteiger partial charge on any atom is 0.459 e. The highest BCUT2D eigenvalue weighted by molar-refractivity contribution is 7.52. The zero-order valence-corrected chi connectivity index (χ0v) is 23.9. The number of carbonyl (C=O) groups excluding carboxylic acids is 1. The fourth-order valence-corrected chi connectivity index (χ4v) is 5.78. The van der Waals surface area contributed by atoms with Gasteiger partial charge in [0.05, 0.1) is 37.2 Å². The highest BCUT2D eigenvalue weighted by atomic mass is 35.5. The van der Waals surface area contributed by atoms with Crippen LogP contribution in [0.25, 0.3) is 11.2 Å². The van der Waals surface area contributed by atoms with E-state index in [2.05, 4.69) is 20.0 Å². The van der Waals surface area contributed by atoms with Crippen molar-refractivity contribution >= 4 is 42.3 Å². The molecule has 3 aromatic rings. The van der Waals surface area contributed by atoms with Crippen LogP contribution in [0.4, 0.5) is 10.2 Å². The van der Waals surface area contributed by atoms with Crippen molar-refractivity contribution in [3.63, 3.8) is 0 Å². The van der Waals surface area contributed by atoms with Crippen LogP contribution >= 0.6 is 19.3 Å². The molecule has 0 aliphatic carbocycles. The summed E-state index contributed by atoms with van der Waals surface area (Å²) in [4.78, 5) is 24.5. The molecular formula is C24H31ClFN6O7P. The van der Waals surface area contributed by atoms with Crippen molar-refractivity contribution in [3.8, 4) is 5.75 Å². The molecule has 2 aromatic heterocycles. The molecule has 13 nitrogen and oxygen atoms in total. The number of fused-ring (bicyclic) bond motifs is 1. The van der Waals surface area contributed by atoms with Crippen LogP contribution in [0.5, 0.6) is 5.75 Å². The number of ether oxygens (including phenoxy) is 2. The summed E-state index contributed by atoms with van der Waals surface area (Å²) in [6.07, 6.45) is -3.37. The average Bonchev–Trinajstić information content (AvgIpc) is 3.42. The van der Waals surface area contributed by atoms with Crippen molar-refractivity contribution in [3.05, 3.63) is 41.9 Å². The molecule has 3 unspecified atom stereocenters. The van der Waals surface area contributed by atoms with Crippen molar-refractivity contribution in [1.29, 1.82) is 0 Å². The largest absolute Gasteiger partial charge is 0.462 e. The molecule has 0 radical (unpaired) electrons. The molecule has 1 aliphatic rings. The van der Waals surface area contributed by atoms with Crippen LogP contribution in [0.2, 0.25) is 5.28 Å². The second-order valence-electron chi connectivity index (χ2n) is 9.82. The van der Waals surface area contributed by atoms with E-state index in [0.29, 0.717) is 0 Å². The third kappa shape index (κ3) is 6.22. The molecule has 1 saturated heterocycles. The number of hydrogen-bond donors (Lipinski definition) is 3. The smallest absolute Gasteiger partial charge is 0.459 e. The average molecular weight is 601 g/mol. The standard InChI is InChI=1S/C24H31ClFN6O7P/c1-13(2)37-22(34)14(3)31-40(35,39-15-8-6-5-7-9-15)36-10-16-24(4,11-33)18(26)21(38-16)32-12-28-17-19(27)29-23(25)30-20(17)32/h5-9,12-14,16,18,21,33H,10-11H2,1-4H3,(H,31,35)(H2,27,29,30)/t14-,16+,18?,21+,24?,40?/m0/s1. The molecule has 3 heterocycles. The third-order valence-electron chi connectivity index (χ3n) is 6.38. The van der Waals surface area contributed by atoms with E-state index in [1.54, 1.807) is 44.2 Å². The monoisotopic (exact) mass is 600 g/mol. The SMILES string of the molecule is CC(C)OC(=O)[C@H](C)NP(=O)(OC[C@H]1O[C@@H](n2cnc3c(N)nc(Cl)nc32)C(F)C1(C)CO)Oc1ccccc1. The van der Waals surface area contributed by atoms with Crippen LogP contribution in [0.3, 0.4) is 0 Å². The topological polar surface area (TPSA) is 173 Å². The van der Waals surface area contributed by atoms with Gasteiger partial charge in [0.25, 0.3) is 0 Å². The minimum absolute atomic E-state index is 0.00199. The van der Waals surface area contributed by atoms with Gasteiger partial charge in [-0.1, -0.05) is 25.1 Å². The molecular weight excluding hydrogens is 570 g/mol. The molecule has 1 fully saturated rings. The molecule has 1 aromatic carbocycles. The number of aliphatic hydroxyl groups excluding tert-OH is 1. The first kappa shape index (κ1) is 30.1. The Kier molecular flexibility index (Phi) is 8.98. The number of hydrogen-bond acceptors (Lipinski definition) is 11. The molecule has 16 heteroatoms. The van der Waals surface area contributed by atoms with Gasteiger partial charge < -0.3 is 24.8 Å². The van der Waals surface area contributed by atoms with Crippen molar-refractivity contribution < 1.29 is 37.4 Å². The number of aliphatic hydroxyl groups is 1. The molecule has 1 aliphatic heterocycles. The lowest BCUT2D eigenvalue weighted by Crippen LogP contribution is -2.42. The number of nitrogens with zero attached hydrogens (tertiary/aromatic N) is 4. The van der Waals surface area contributed by atoms with Crippen LogP contribution in [-0.2, 0) is 23.4 Å². The van der Waals surface area contributed by atoms with E-state index in [1.165, 1.54) is 24.7 Å². The molecule has 0 spiro atoms. The van der Waals surface area contributed by atoms with E-state index in [-0.39, 0.29) is 28.0 Å². The van der Waals surface area contributed by atoms with E-state index < -0.39 is 63.0 Å². The van der Waals surface area contributed by atoms with Gasteiger partial charge in [-0.3, -0.25) is 13.9 Å². The maximum absolute atomic E-state index is 15.9. The number of esters is 1. The Balaban J connectivity index is 1.59. The normalized spacial score (nSPS) is 25.1. The second kappa shape index (κ2) is 11.9. The number of rotatable bonds is 11. The molecule has 4 N–H and O–H groups in total. The number of benzene rings is 1. The van der Waals surface area contributed by atoms with Crippen LogP contribution in [-0.4, -0.2) is 68.2 Å². The van der Waals surface area contributed by atoms with Crippen molar-refractivity contribution in [1.82, 2.24) is 24.6 Å². The lowest BCUT2D eigenvalue weighted by atomic mass is 9.82. The number of nitrogens with two attached hydrogens (primary N) is 1. The number of alkyl halides is 1. The maximum atomic E-state index is 15.9. The predicted octanol–water partition coefficient (Wildman–Crippen LogP) is 3.43. The number of halogens is 2. The summed E-state index contributed by atoms with van der Waals surface area (Å²) in [7, 11) is -4.27. The molecule has 218 valence electrons. The Morgan fingerprint density at radius 1 is 1.32 bits per heavy atom. The highest BCUT2D eigenvalue weighted by Crippen LogP contribution is 2.50. The number of nitrogen functional groups attached to an aromatic ring is 1. The van der Waals surface area contributed by atoms with Gasteiger partial charge in [0.1, 0.15) is 17.3 Å². The Bertz CT molecular complexity index is 1400. The van der Waals surface area contributed by atoms with Gasteiger partial charge in [0.2, 0.25) is 5.28 Å². The third-order valence-corrected chi connectivity index (χ3v) is 8.19. The van der Waals surface area contributed by atoms with Gasteiger partial charge in [0.15, 0.2) is 23.9 Å². The summed E-state index contributed by atoms with van der Waals surface area (Å²) >= 11 is 5.94. The highest BCUT2D eigenvalue weighted by Gasteiger charge is 2.56. The van der Waals surface area contributed by atoms with Gasteiger partial charge in [-0.15, -0.1) is 0 Å². The zero-order valence-electron chi connectivity index (χ0n) is 22.2. The molecule has 0 bridgehead atoms. The minimum atomic E-state index is -4.27. The Hall–Kier alpha value is -2.87. The summed E-state index contributed by atoms with van der Waals surface area (Å²) in [5.74, 6) is -0.481. The second-order valence-corrected chi connectivity index (χ2v) is 11.8. The van der Waals surface area contributed by atoms with E-state index in [9.17, 15) is 14.5 Å². The molecule has 0 saturated carbocycles. The first-order valence-corrected chi connectivity index (χ1v) is 14.3. The first-order chi connectivity index (χ1) is 18.9. The van der Waals surface area contributed by atoms with E-state index in [0.717, 1.165) is 0 Å². The van der Waals surface area contributed by atoms with Gasteiger partial charge in [0, 0.05) is 0 Å². The number of imidazole rings is 1. The minimum Gasteiger partial charge on any atom is -0.462 e. The van der Waals surface area contributed by atoms with Crippen LogP contribution in [0.15, 0.2) is 36.7 Å². The van der Waals surface area contributed by atoms with Crippen LogP contribution < -0.4 is 15.3 Å². The Labute approximate surface area is 234 Å². The fraction of sp³-hybridized carbons (Fsp3) is 0.500. The molecule has 40 heavy (non-hydrogen) atoms. The summed E-state index contributed by atoms with van der Waals surface area (Å²) in [6, 6.07) is 7.08. The molecule has 4 rings (SSSR count). The van der Waals surface area contributed by atoms with Crippen molar-refractivity contribution in [2.45, 2.75) is 58.3 Å². The summed E-state index contributed by atoms with van der Waals surface area (Å²) < 4.78 is 53.6. The zero-order chi connectivity index (χ0) is 29.2. The van der Waals surface area contributed by atoms with Gasteiger partial charge in [-0.25, -0.2) is 13.9 Å². The van der Waals surface area contributed by atoms with E-state index in [4.69, 9.17) is 35.9 Å². The lowest BCUT2D eigenvalue weighted by molar-refractivity contribution is -0.149. The predicted molar refractivity (Wildman–Crippen MR) is 143 cm³/mol. The number of aromatic nitrogens is 4. The van der Waals surface area contributed by atoms with E-state index >= 15 is 4.39 Å². The molecule has 0 amide bonds. The summed E-state index contributed by atoms with van der Waals surface area (Å²) in [6.45, 7) is 5.13.